The van der Waals surface area contributed by atoms with E-state index in [0.717, 1.165) is 28.3 Å². The molecule has 0 fully saturated rings. The number of carbonyl (C=O) groups is 1. The van der Waals surface area contributed by atoms with Crippen molar-refractivity contribution in [3.05, 3.63) is 107 Å². The van der Waals surface area contributed by atoms with Crippen LogP contribution in [0.25, 0.3) is 0 Å². The molecule has 0 aromatic heterocycles. The fraction of sp³-hybridized carbons (Fsp3) is 0.269. The zero-order valence-electron chi connectivity index (χ0n) is 18.6. The summed E-state index contributed by atoms with van der Waals surface area (Å²) in [6.07, 6.45) is -4.17. The van der Waals surface area contributed by atoms with E-state index in [0.29, 0.717) is 18.7 Å². The van der Waals surface area contributed by atoms with Crippen molar-refractivity contribution < 1.29 is 22.8 Å². The van der Waals surface area contributed by atoms with Crippen molar-refractivity contribution in [1.82, 2.24) is 9.96 Å². The second-order valence-electron chi connectivity index (χ2n) is 7.81. The van der Waals surface area contributed by atoms with Gasteiger partial charge in [0, 0.05) is 20.1 Å². The number of hydrogen-bond donors (Lipinski definition) is 0. The van der Waals surface area contributed by atoms with Crippen LogP contribution in [0.3, 0.4) is 0 Å². The number of halogens is 3. The fourth-order valence-corrected chi connectivity index (χ4v) is 3.64. The summed E-state index contributed by atoms with van der Waals surface area (Å²) in [5.74, 6) is -0.274. The van der Waals surface area contributed by atoms with Gasteiger partial charge >= 0.3 is 6.18 Å². The molecule has 3 rings (SSSR count). The molecular weight excluding hydrogens is 429 g/mol. The van der Waals surface area contributed by atoms with E-state index < -0.39 is 17.8 Å². The summed E-state index contributed by atoms with van der Waals surface area (Å²) in [5.41, 5.74) is 1.97. The Balaban J connectivity index is 1.94. The Morgan fingerprint density at radius 3 is 1.73 bits per heavy atom. The molecule has 0 radical (unpaired) electrons. The molecule has 3 aromatic carbocycles. The largest absolute Gasteiger partial charge is 0.416 e. The number of likely N-dealkylation sites (N-methyl/N-ethyl adjacent to an activating group) is 1. The second-order valence-corrected chi connectivity index (χ2v) is 7.81. The van der Waals surface area contributed by atoms with Crippen LogP contribution in [0.15, 0.2) is 84.9 Å². The van der Waals surface area contributed by atoms with Gasteiger partial charge in [0.2, 0.25) is 0 Å². The first kappa shape index (κ1) is 24.5. The van der Waals surface area contributed by atoms with Crippen LogP contribution >= 0.6 is 0 Å². The maximum atomic E-state index is 13.3. The van der Waals surface area contributed by atoms with Gasteiger partial charge in [-0.3, -0.25) is 14.5 Å². The van der Waals surface area contributed by atoms with Crippen molar-refractivity contribution in [2.24, 2.45) is 0 Å². The minimum Gasteiger partial charge on any atom is -0.283 e. The average Bonchev–Trinajstić information content (AvgIpc) is 2.82. The monoisotopic (exact) mass is 456 g/mol. The lowest BCUT2D eigenvalue weighted by Crippen LogP contribution is -2.48. The second kappa shape index (κ2) is 11.1. The number of nitrogens with zero attached hydrogens (tertiary/aromatic N) is 2. The molecule has 0 aliphatic carbocycles. The highest BCUT2D eigenvalue weighted by molar-refractivity contribution is 5.81. The zero-order valence-corrected chi connectivity index (χ0v) is 18.6. The Hall–Kier alpha value is -3.16. The number of carbonyl (C=O) groups excluding carboxylic acids is 1. The molecule has 0 aliphatic rings. The van der Waals surface area contributed by atoms with Crippen LogP contribution in [-0.2, 0) is 35.3 Å². The summed E-state index contributed by atoms with van der Waals surface area (Å²) in [6.45, 7) is 0.981. The summed E-state index contributed by atoms with van der Waals surface area (Å²) in [6, 6.07) is 23.8. The smallest absolute Gasteiger partial charge is 0.283 e. The van der Waals surface area contributed by atoms with Crippen LogP contribution in [0, 0.1) is 0 Å². The fourth-order valence-electron chi connectivity index (χ4n) is 3.64. The molecule has 4 nitrogen and oxygen atoms in total. The number of hydrogen-bond acceptors (Lipinski definition) is 3. The van der Waals surface area contributed by atoms with Crippen molar-refractivity contribution in [1.29, 1.82) is 0 Å². The Kier molecular flexibility index (Phi) is 8.25. The van der Waals surface area contributed by atoms with E-state index in [2.05, 4.69) is 0 Å². The molecule has 0 aliphatic heterocycles. The summed E-state index contributed by atoms with van der Waals surface area (Å²) < 4.78 is 39.0. The minimum absolute atomic E-state index is 0.240. The zero-order chi connectivity index (χ0) is 23.8. The number of rotatable bonds is 9. The molecule has 174 valence electrons. The van der Waals surface area contributed by atoms with Gasteiger partial charge in [0.25, 0.3) is 5.91 Å². The highest BCUT2D eigenvalue weighted by Crippen LogP contribution is 2.29. The topological polar surface area (TPSA) is 32.8 Å². The minimum atomic E-state index is -4.41. The van der Waals surface area contributed by atoms with E-state index in [9.17, 15) is 18.0 Å². The molecule has 3 aromatic rings. The molecule has 0 unspecified atom stereocenters. The van der Waals surface area contributed by atoms with Crippen molar-refractivity contribution >= 4 is 5.91 Å². The Labute approximate surface area is 192 Å². The van der Waals surface area contributed by atoms with Crippen LogP contribution in [0.2, 0.25) is 0 Å². The quantitative estimate of drug-likeness (QED) is 0.408. The average molecular weight is 457 g/mol. The van der Waals surface area contributed by atoms with Crippen molar-refractivity contribution in [2.45, 2.75) is 31.7 Å². The Bertz CT molecular complexity index is 968. The van der Waals surface area contributed by atoms with E-state index in [1.165, 1.54) is 26.3 Å². The number of hydroxylamine groups is 2. The third-order valence-electron chi connectivity index (χ3n) is 5.48. The van der Waals surface area contributed by atoms with Gasteiger partial charge in [0.05, 0.1) is 18.7 Å². The summed E-state index contributed by atoms with van der Waals surface area (Å²) >= 11 is 0. The Morgan fingerprint density at radius 2 is 1.30 bits per heavy atom. The molecule has 0 N–H and O–H groups in total. The first-order valence-corrected chi connectivity index (χ1v) is 10.6. The van der Waals surface area contributed by atoms with Crippen LogP contribution < -0.4 is 0 Å². The van der Waals surface area contributed by atoms with Crippen molar-refractivity contribution in [3.63, 3.8) is 0 Å². The summed E-state index contributed by atoms with van der Waals surface area (Å²) in [4.78, 5) is 20.5. The lowest BCUT2D eigenvalue weighted by atomic mass is 10.0. The lowest BCUT2D eigenvalue weighted by molar-refractivity contribution is -0.175. The van der Waals surface area contributed by atoms with E-state index in [1.54, 1.807) is 0 Å². The van der Waals surface area contributed by atoms with Crippen LogP contribution in [-0.4, -0.2) is 36.1 Å². The standard InChI is InChI=1S/C26H27F3N2O2/c1-30(33-2)25(32)24(17-20-13-15-23(16-14-20)26(27,28)29)31(18-21-9-5-3-6-10-21)19-22-11-7-4-8-12-22/h3-16,24H,17-19H2,1-2H3/t24-/m0/s1. The molecular formula is C26H27F3N2O2. The molecule has 0 saturated heterocycles. The van der Waals surface area contributed by atoms with Crippen molar-refractivity contribution in [3.8, 4) is 0 Å². The van der Waals surface area contributed by atoms with Gasteiger partial charge in [-0.25, -0.2) is 5.06 Å². The predicted molar refractivity (Wildman–Crippen MR) is 121 cm³/mol. The van der Waals surface area contributed by atoms with Gasteiger partial charge < -0.3 is 0 Å². The molecule has 1 atom stereocenters. The Morgan fingerprint density at radius 1 is 0.818 bits per heavy atom. The maximum Gasteiger partial charge on any atom is 0.416 e. The van der Waals surface area contributed by atoms with Crippen molar-refractivity contribution in [2.75, 3.05) is 14.2 Å². The third-order valence-corrected chi connectivity index (χ3v) is 5.48. The van der Waals surface area contributed by atoms with E-state index in [4.69, 9.17) is 4.84 Å². The SMILES string of the molecule is CON(C)C(=O)[C@H](Cc1ccc(C(F)(F)F)cc1)N(Cc1ccccc1)Cc1ccccc1. The lowest BCUT2D eigenvalue weighted by Gasteiger charge is -2.33. The van der Waals surface area contributed by atoms with Gasteiger partial charge in [-0.15, -0.1) is 0 Å². The van der Waals surface area contributed by atoms with E-state index in [-0.39, 0.29) is 12.3 Å². The van der Waals surface area contributed by atoms with E-state index >= 15 is 0 Å². The van der Waals surface area contributed by atoms with Gasteiger partial charge in [-0.05, 0) is 35.2 Å². The van der Waals surface area contributed by atoms with Crippen LogP contribution in [0.1, 0.15) is 22.3 Å². The number of amides is 1. The van der Waals surface area contributed by atoms with Gasteiger partial charge in [-0.2, -0.15) is 13.2 Å². The number of alkyl halides is 3. The van der Waals surface area contributed by atoms with Gasteiger partial charge in [-0.1, -0.05) is 72.8 Å². The molecule has 1 amide bonds. The van der Waals surface area contributed by atoms with Gasteiger partial charge in [0.15, 0.2) is 0 Å². The molecule has 33 heavy (non-hydrogen) atoms. The predicted octanol–water partition coefficient (Wildman–Crippen LogP) is 5.34. The van der Waals surface area contributed by atoms with Gasteiger partial charge in [0.1, 0.15) is 0 Å². The summed E-state index contributed by atoms with van der Waals surface area (Å²) in [5, 5.41) is 1.16. The number of benzene rings is 3. The molecule has 0 spiro atoms. The van der Waals surface area contributed by atoms with Crippen LogP contribution in [0.4, 0.5) is 13.2 Å². The highest BCUT2D eigenvalue weighted by atomic mass is 19.4. The maximum absolute atomic E-state index is 13.3. The van der Waals surface area contributed by atoms with Crippen LogP contribution in [0.5, 0.6) is 0 Å². The molecule has 0 heterocycles. The first-order valence-electron chi connectivity index (χ1n) is 10.6. The third kappa shape index (κ3) is 6.91. The normalized spacial score (nSPS) is 12.5. The summed E-state index contributed by atoms with van der Waals surface area (Å²) in [7, 11) is 2.94. The molecule has 0 saturated carbocycles. The molecule has 0 bridgehead atoms. The highest BCUT2D eigenvalue weighted by Gasteiger charge is 2.32. The molecule has 7 heteroatoms. The van der Waals surface area contributed by atoms with E-state index in [1.807, 2.05) is 65.6 Å². The first-order chi connectivity index (χ1) is 15.8.